The van der Waals surface area contributed by atoms with Gasteiger partial charge in [0.15, 0.2) is 0 Å². The van der Waals surface area contributed by atoms with Crippen LogP contribution in [0.3, 0.4) is 0 Å². The molecular formula is C13H19N. The van der Waals surface area contributed by atoms with Gasteiger partial charge in [0.2, 0.25) is 0 Å². The van der Waals surface area contributed by atoms with Gasteiger partial charge in [-0.15, -0.1) is 0 Å². The van der Waals surface area contributed by atoms with Crippen LogP contribution in [0.1, 0.15) is 26.3 Å². The standard InChI is InChI=1S/C13H19N/c1-10(2)11(3)12-8-6-7-9-13(12)14(4)5/h6-9H,1-5H3. The highest BCUT2D eigenvalue weighted by Gasteiger charge is 2.05. The molecule has 1 heteroatoms. The van der Waals surface area contributed by atoms with Crippen molar-refractivity contribution >= 4 is 11.3 Å². The molecule has 0 radical (unpaired) electrons. The summed E-state index contributed by atoms with van der Waals surface area (Å²) in [6.07, 6.45) is 0. The molecule has 1 aromatic rings. The molecule has 0 amide bonds. The summed E-state index contributed by atoms with van der Waals surface area (Å²) in [6, 6.07) is 8.51. The van der Waals surface area contributed by atoms with E-state index in [0.29, 0.717) is 0 Å². The van der Waals surface area contributed by atoms with Gasteiger partial charge in [-0.1, -0.05) is 23.8 Å². The van der Waals surface area contributed by atoms with E-state index >= 15 is 0 Å². The van der Waals surface area contributed by atoms with Gasteiger partial charge in [0, 0.05) is 25.3 Å². The zero-order valence-corrected chi connectivity index (χ0v) is 9.76. The molecular weight excluding hydrogens is 170 g/mol. The van der Waals surface area contributed by atoms with Crippen molar-refractivity contribution < 1.29 is 0 Å². The lowest BCUT2D eigenvalue weighted by Gasteiger charge is -2.18. The minimum atomic E-state index is 1.28. The molecule has 0 unspecified atom stereocenters. The fourth-order valence-electron chi connectivity index (χ4n) is 1.45. The zero-order chi connectivity index (χ0) is 10.7. The first-order chi connectivity index (χ1) is 6.54. The van der Waals surface area contributed by atoms with Gasteiger partial charge in [0.1, 0.15) is 0 Å². The molecule has 0 atom stereocenters. The average molecular weight is 189 g/mol. The summed E-state index contributed by atoms with van der Waals surface area (Å²) < 4.78 is 0. The van der Waals surface area contributed by atoms with Crippen molar-refractivity contribution in [1.82, 2.24) is 0 Å². The molecule has 0 spiro atoms. The van der Waals surface area contributed by atoms with Gasteiger partial charge in [-0.05, 0) is 32.4 Å². The van der Waals surface area contributed by atoms with Crippen molar-refractivity contribution in [2.75, 3.05) is 19.0 Å². The minimum Gasteiger partial charge on any atom is -0.377 e. The van der Waals surface area contributed by atoms with Crippen LogP contribution in [0.5, 0.6) is 0 Å². The Hall–Kier alpha value is -1.24. The maximum Gasteiger partial charge on any atom is 0.0437 e. The average Bonchev–Trinajstić information content (AvgIpc) is 2.16. The lowest BCUT2D eigenvalue weighted by atomic mass is 10.0. The third-order valence-electron chi connectivity index (χ3n) is 2.54. The Labute approximate surface area is 87.1 Å². The molecule has 1 nitrogen and oxygen atoms in total. The van der Waals surface area contributed by atoms with Gasteiger partial charge in [-0.25, -0.2) is 0 Å². The van der Waals surface area contributed by atoms with Gasteiger partial charge in [0.25, 0.3) is 0 Å². The van der Waals surface area contributed by atoms with Crippen LogP contribution in [0, 0.1) is 0 Å². The van der Waals surface area contributed by atoms with Crippen molar-refractivity contribution in [2.24, 2.45) is 0 Å². The SMILES string of the molecule is CC(C)=C(C)c1ccccc1N(C)C. The van der Waals surface area contributed by atoms with E-state index in [1.165, 1.54) is 22.4 Å². The van der Waals surface area contributed by atoms with E-state index < -0.39 is 0 Å². The molecule has 1 rings (SSSR count). The Morgan fingerprint density at radius 3 is 2.07 bits per heavy atom. The summed E-state index contributed by atoms with van der Waals surface area (Å²) in [4.78, 5) is 2.15. The second-order valence-electron chi connectivity index (χ2n) is 4.04. The fraction of sp³-hybridized carbons (Fsp3) is 0.385. The van der Waals surface area contributed by atoms with E-state index in [1.54, 1.807) is 0 Å². The molecule has 0 fully saturated rings. The number of rotatable bonds is 2. The third kappa shape index (κ3) is 2.16. The molecule has 1 aromatic carbocycles. The highest BCUT2D eigenvalue weighted by molar-refractivity contribution is 5.76. The van der Waals surface area contributed by atoms with Crippen LogP contribution in [-0.4, -0.2) is 14.1 Å². The highest BCUT2D eigenvalue weighted by Crippen LogP contribution is 2.27. The number of anilines is 1. The number of nitrogens with zero attached hydrogens (tertiary/aromatic N) is 1. The first-order valence-electron chi connectivity index (χ1n) is 4.95. The van der Waals surface area contributed by atoms with Gasteiger partial charge in [-0.3, -0.25) is 0 Å². The number of benzene rings is 1. The molecule has 0 bridgehead atoms. The topological polar surface area (TPSA) is 3.24 Å². The summed E-state index contributed by atoms with van der Waals surface area (Å²) in [6.45, 7) is 6.49. The summed E-state index contributed by atoms with van der Waals surface area (Å²) in [5.41, 5.74) is 5.36. The second-order valence-corrected chi connectivity index (χ2v) is 4.04. The first-order valence-corrected chi connectivity index (χ1v) is 4.95. The van der Waals surface area contributed by atoms with E-state index in [-0.39, 0.29) is 0 Å². The minimum absolute atomic E-state index is 1.28. The number of para-hydroxylation sites is 1. The Kier molecular flexibility index (Phi) is 3.34. The van der Waals surface area contributed by atoms with Gasteiger partial charge in [-0.2, -0.15) is 0 Å². The lowest BCUT2D eigenvalue weighted by molar-refractivity contribution is 1.12. The largest absolute Gasteiger partial charge is 0.377 e. The molecule has 0 saturated heterocycles. The van der Waals surface area contributed by atoms with Gasteiger partial charge >= 0.3 is 0 Å². The van der Waals surface area contributed by atoms with Crippen LogP contribution < -0.4 is 4.90 Å². The summed E-state index contributed by atoms with van der Waals surface area (Å²) in [5, 5.41) is 0. The molecule has 14 heavy (non-hydrogen) atoms. The Morgan fingerprint density at radius 1 is 1.00 bits per heavy atom. The predicted molar refractivity (Wildman–Crippen MR) is 64.7 cm³/mol. The fourth-order valence-corrected chi connectivity index (χ4v) is 1.45. The molecule has 0 saturated carbocycles. The molecule has 0 aliphatic heterocycles. The van der Waals surface area contributed by atoms with Crippen molar-refractivity contribution in [1.29, 1.82) is 0 Å². The smallest absolute Gasteiger partial charge is 0.0437 e. The highest BCUT2D eigenvalue weighted by atomic mass is 15.1. The van der Waals surface area contributed by atoms with Crippen LogP contribution in [0.2, 0.25) is 0 Å². The molecule has 0 aliphatic carbocycles. The molecule has 0 N–H and O–H groups in total. The Balaban J connectivity index is 3.28. The Bertz CT molecular complexity index is 344. The van der Waals surface area contributed by atoms with Gasteiger partial charge in [0.05, 0.1) is 0 Å². The first kappa shape index (κ1) is 10.8. The summed E-state index contributed by atoms with van der Waals surface area (Å²) in [7, 11) is 4.16. The summed E-state index contributed by atoms with van der Waals surface area (Å²) >= 11 is 0. The van der Waals surface area contributed by atoms with E-state index in [1.807, 2.05) is 0 Å². The number of allylic oxidation sites excluding steroid dienone is 2. The number of hydrogen-bond acceptors (Lipinski definition) is 1. The monoisotopic (exact) mass is 189 g/mol. The van der Waals surface area contributed by atoms with Crippen LogP contribution in [0.25, 0.3) is 5.57 Å². The Morgan fingerprint density at radius 2 is 1.57 bits per heavy atom. The van der Waals surface area contributed by atoms with Crippen LogP contribution in [0.15, 0.2) is 29.8 Å². The lowest BCUT2D eigenvalue weighted by Crippen LogP contribution is -2.10. The van der Waals surface area contributed by atoms with Crippen molar-refractivity contribution in [3.05, 3.63) is 35.4 Å². The molecule has 0 heterocycles. The van der Waals surface area contributed by atoms with Gasteiger partial charge < -0.3 is 4.90 Å². The third-order valence-corrected chi connectivity index (χ3v) is 2.54. The number of hydrogen-bond donors (Lipinski definition) is 0. The van der Waals surface area contributed by atoms with E-state index in [0.717, 1.165) is 0 Å². The van der Waals surface area contributed by atoms with Crippen molar-refractivity contribution in [3.63, 3.8) is 0 Å². The predicted octanol–water partition coefficient (Wildman–Crippen LogP) is 3.57. The van der Waals surface area contributed by atoms with Crippen molar-refractivity contribution in [2.45, 2.75) is 20.8 Å². The molecule has 0 aliphatic rings. The van der Waals surface area contributed by atoms with Crippen LogP contribution in [-0.2, 0) is 0 Å². The van der Waals surface area contributed by atoms with E-state index in [9.17, 15) is 0 Å². The summed E-state index contributed by atoms with van der Waals surface area (Å²) in [5.74, 6) is 0. The van der Waals surface area contributed by atoms with E-state index in [4.69, 9.17) is 0 Å². The molecule has 0 aromatic heterocycles. The quantitative estimate of drug-likeness (QED) is 0.687. The normalized spacial score (nSPS) is 9.79. The zero-order valence-electron chi connectivity index (χ0n) is 9.76. The van der Waals surface area contributed by atoms with Crippen LogP contribution in [0.4, 0.5) is 5.69 Å². The van der Waals surface area contributed by atoms with E-state index in [2.05, 4.69) is 64.0 Å². The van der Waals surface area contributed by atoms with Crippen LogP contribution >= 0.6 is 0 Å². The second kappa shape index (κ2) is 4.32. The van der Waals surface area contributed by atoms with Crippen molar-refractivity contribution in [3.8, 4) is 0 Å². The molecule has 76 valence electrons. The maximum absolute atomic E-state index is 2.18. The maximum atomic E-state index is 2.18.